The van der Waals surface area contributed by atoms with Gasteiger partial charge in [0.2, 0.25) is 5.91 Å². The van der Waals surface area contributed by atoms with E-state index in [0.29, 0.717) is 23.4 Å². The average Bonchev–Trinajstić information content (AvgIpc) is 2.26. The lowest BCUT2D eigenvalue weighted by atomic mass is 10.0. The van der Waals surface area contributed by atoms with E-state index in [4.69, 9.17) is 17.0 Å². The Morgan fingerprint density at radius 1 is 1.41 bits per heavy atom. The van der Waals surface area contributed by atoms with E-state index >= 15 is 0 Å². The maximum atomic E-state index is 11.5. The SMILES string of the molecule is CC(C)CC(=O)NC(=S)NCC1CCOCC1. The Hall–Kier alpha value is -0.680. The molecule has 0 saturated carbocycles. The summed E-state index contributed by atoms with van der Waals surface area (Å²) in [5, 5.41) is 6.25. The predicted octanol–water partition coefficient (Wildman–Crippen LogP) is 1.45. The summed E-state index contributed by atoms with van der Waals surface area (Å²) >= 11 is 5.08. The Kier molecular flexibility index (Phi) is 6.44. The Bertz CT molecular complexity index is 263. The predicted molar refractivity (Wildman–Crippen MR) is 71.7 cm³/mol. The molecule has 5 heteroatoms. The molecule has 1 fully saturated rings. The Labute approximate surface area is 108 Å². The van der Waals surface area contributed by atoms with Gasteiger partial charge in [-0.3, -0.25) is 4.79 Å². The van der Waals surface area contributed by atoms with Crippen LogP contribution in [0.5, 0.6) is 0 Å². The van der Waals surface area contributed by atoms with Gasteiger partial charge in [0, 0.05) is 26.2 Å². The van der Waals surface area contributed by atoms with Crippen LogP contribution in [0, 0.1) is 11.8 Å². The van der Waals surface area contributed by atoms with Gasteiger partial charge in [0.1, 0.15) is 0 Å². The molecule has 1 aliphatic rings. The number of hydrogen-bond acceptors (Lipinski definition) is 3. The summed E-state index contributed by atoms with van der Waals surface area (Å²) < 4.78 is 5.28. The lowest BCUT2D eigenvalue weighted by Crippen LogP contribution is -2.42. The van der Waals surface area contributed by atoms with Crippen molar-refractivity contribution in [3.8, 4) is 0 Å². The summed E-state index contributed by atoms with van der Waals surface area (Å²) in [5.74, 6) is 0.946. The number of hydrogen-bond donors (Lipinski definition) is 2. The minimum atomic E-state index is -0.00974. The molecule has 0 bridgehead atoms. The van der Waals surface area contributed by atoms with Gasteiger partial charge in [-0.2, -0.15) is 0 Å². The number of nitrogens with one attached hydrogen (secondary N) is 2. The summed E-state index contributed by atoms with van der Waals surface area (Å²) in [6, 6.07) is 0. The van der Waals surface area contributed by atoms with E-state index in [-0.39, 0.29) is 5.91 Å². The highest BCUT2D eigenvalue weighted by Crippen LogP contribution is 2.12. The number of thiocarbonyl (C=S) groups is 1. The highest BCUT2D eigenvalue weighted by molar-refractivity contribution is 7.80. The van der Waals surface area contributed by atoms with E-state index in [2.05, 4.69) is 10.6 Å². The number of amides is 1. The zero-order valence-corrected chi connectivity index (χ0v) is 11.4. The first kappa shape index (κ1) is 14.4. The quantitative estimate of drug-likeness (QED) is 0.749. The van der Waals surface area contributed by atoms with E-state index < -0.39 is 0 Å². The second kappa shape index (κ2) is 7.61. The van der Waals surface area contributed by atoms with Crippen LogP contribution < -0.4 is 10.6 Å². The van der Waals surface area contributed by atoms with E-state index in [1.54, 1.807) is 0 Å². The van der Waals surface area contributed by atoms with Crippen molar-refractivity contribution in [2.45, 2.75) is 33.1 Å². The topological polar surface area (TPSA) is 50.4 Å². The largest absolute Gasteiger partial charge is 0.381 e. The van der Waals surface area contributed by atoms with Crippen molar-refractivity contribution in [3.63, 3.8) is 0 Å². The van der Waals surface area contributed by atoms with Gasteiger partial charge in [0.25, 0.3) is 0 Å². The number of ether oxygens (including phenoxy) is 1. The third-order valence-electron chi connectivity index (χ3n) is 2.74. The molecule has 0 unspecified atom stereocenters. The molecule has 4 nitrogen and oxygen atoms in total. The normalized spacial score (nSPS) is 16.9. The maximum Gasteiger partial charge on any atom is 0.226 e. The second-order valence-corrected chi connectivity index (χ2v) is 5.32. The van der Waals surface area contributed by atoms with E-state index in [0.717, 1.165) is 32.6 Å². The van der Waals surface area contributed by atoms with Crippen LogP contribution in [0.2, 0.25) is 0 Å². The summed E-state index contributed by atoms with van der Waals surface area (Å²) in [7, 11) is 0. The highest BCUT2D eigenvalue weighted by atomic mass is 32.1. The lowest BCUT2D eigenvalue weighted by Gasteiger charge is -2.22. The van der Waals surface area contributed by atoms with Crippen LogP contribution in [0.15, 0.2) is 0 Å². The van der Waals surface area contributed by atoms with Crippen LogP contribution in [0.1, 0.15) is 33.1 Å². The molecule has 1 rings (SSSR count). The molecule has 0 aromatic carbocycles. The minimum absolute atomic E-state index is 0.00974. The van der Waals surface area contributed by atoms with Crippen molar-refractivity contribution in [3.05, 3.63) is 0 Å². The Morgan fingerprint density at radius 2 is 2.06 bits per heavy atom. The van der Waals surface area contributed by atoms with Gasteiger partial charge >= 0.3 is 0 Å². The van der Waals surface area contributed by atoms with Crippen molar-refractivity contribution in [2.75, 3.05) is 19.8 Å². The molecule has 0 aromatic heterocycles. The highest BCUT2D eigenvalue weighted by Gasteiger charge is 2.14. The van der Waals surface area contributed by atoms with Crippen LogP contribution in [0.4, 0.5) is 0 Å². The second-order valence-electron chi connectivity index (χ2n) is 4.91. The molecule has 98 valence electrons. The van der Waals surface area contributed by atoms with Crippen LogP contribution in [-0.2, 0) is 9.53 Å². The summed E-state index contributed by atoms with van der Waals surface area (Å²) in [6.45, 7) is 6.51. The molecule has 1 aliphatic heterocycles. The first-order valence-electron chi connectivity index (χ1n) is 6.23. The van der Waals surface area contributed by atoms with Crippen molar-refractivity contribution in [1.29, 1.82) is 0 Å². The maximum absolute atomic E-state index is 11.5. The van der Waals surface area contributed by atoms with Gasteiger partial charge in [-0.25, -0.2) is 0 Å². The standard InChI is InChI=1S/C12H22N2O2S/c1-9(2)7-11(15)14-12(17)13-8-10-3-5-16-6-4-10/h9-10H,3-8H2,1-2H3,(H2,13,14,15,17). The summed E-state index contributed by atoms with van der Waals surface area (Å²) in [4.78, 5) is 11.5. The van der Waals surface area contributed by atoms with Gasteiger partial charge in [-0.05, 0) is 36.9 Å². The van der Waals surface area contributed by atoms with Crippen LogP contribution in [0.25, 0.3) is 0 Å². The van der Waals surface area contributed by atoms with E-state index in [1.165, 1.54) is 0 Å². The van der Waals surface area contributed by atoms with Crippen molar-refractivity contribution in [2.24, 2.45) is 11.8 Å². The van der Waals surface area contributed by atoms with Gasteiger partial charge in [0.05, 0.1) is 0 Å². The molecule has 0 spiro atoms. The van der Waals surface area contributed by atoms with E-state index in [9.17, 15) is 4.79 Å². The Balaban J connectivity index is 2.13. The van der Waals surface area contributed by atoms with Gasteiger partial charge in [-0.15, -0.1) is 0 Å². The fraction of sp³-hybridized carbons (Fsp3) is 0.833. The lowest BCUT2D eigenvalue weighted by molar-refractivity contribution is -0.120. The molecule has 0 aliphatic carbocycles. The molecule has 1 amide bonds. The van der Waals surface area contributed by atoms with Crippen molar-refractivity contribution in [1.82, 2.24) is 10.6 Å². The monoisotopic (exact) mass is 258 g/mol. The van der Waals surface area contributed by atoms with Crippen LogP contribution in [0.3, 0.4) is 0 Å². The smallest absolute Gasteiger partial charge is 0.226 e. The number of carbonyl (C=O) groups is 1. The molecule has 1 heterocycles. The van der Waals surface area contributed by atoms with Crippen molar-refractivity contribution >= 4 is 23.2 Å². The zero-order valence-electron chi connectivity index (χ0n) is 10.6. The Morgan fingerprint density at radius 3 is 2.65 bits per heavy atom. The van der Waals surface area contributed by atoms with Gasteiger partial charge in [-0.1, -0.05) is 13.8 Å². The number of carbonyl (C=O) groups excluding carboxylic acids is 1. The first-order chi connectivity index (χ1) is 8.08. The van der Waals surface area contributed by atoms with Crippen LogP contribution in [-0.4, -0.2) is 30.8 Å². The molecular formula is C12H22N2O2S. The van der Waals surface area contributed by atoms with Crippen LogP contribution >= 0.6 is 12.2 Å². The van der Waals surface area contributed by atoms with Crippen molar-refractivity contribution < 1.29 is 9.53 Å². The van der Waals surface area contributed by atoms with Gasteiger partial charge < -0.3 is 15.4 Å². The molecule has 0 aromatic rings. The molecule has 17 heavy (non-hydrogen) atoms. The average molecular weight is 258 g/mol. The zero-order chi connectivity index (χ0) is 12.7. The molecule has 0 atom stereocenters. The minimum Gasteiger partial charge on any atom is -0.381 e. The fourth-order valence-corrected chi connectivity index (χ4v) is 1.98. The molecule has 2 N–H and O–H groups in total. The summed E-state index contributed by atoms with van der Waals surface area (Å²) in [6.07, 6.45) is 2.64. The number of rotatable bonds is 4. The molecule has 0 radical (unpaired) electrons. The third-order valence-corrected chi connectivity index (χ3v) is 2.99. The van der Waals surface area contributed by atoms with Gasteiger partial charge in [0.15, 0.2) is 5.11 Å². The first-order valence-corrected chi connectivity index (χ1v) is 6.64. The molecule has 1 saturated heterocycles. The fourth-order valence-electron chi connectivity index (χ4n) is 1.78. The molecular weight excluding hydrogens is 236 g/mol. The van der Waals surface area contributed by atoms with E-state index in [1.807, 2.05) is 13.8 Å². The summed E-state index contributed by atoms with van der Waals surface area (Å²) in [5.41, 5.74) is 0. The third kappa shape index (κ3) is 6.58.